The quantitative estimate of drug-likeness (QED) is 0.237. The molecule has 0 saturated carbocycles. The molecule has 0 bridgehead atoms. The summed E-state index contributed by atoms with van der Waals surface area (Å²) in [5, 5.41) is 10.4. The van der Waals surface area contributed by atoms with Gasteiger partial charge in [0.2, 0.25) is 0 Å². The Kier molecular flexibility index (Phi) is 15.8. The molecule has 14 nitrogen and oxygen atoms in total. The summed E-state index contributed by atoms with van der Waals surface area (Å²) in [6.07, 6.45) is 0. The lowest BCUT2D eigenvalue weighted by molar-refractivity contribution is -0.163. The van der Waals surface area contributed by atoms with E-state index in [1.807, 2.05) is 14.7 Å². The second-order valence-electron chi connectivity index (χ2n) is 16.0. The van der Waals surface area contributed by atoms with Gasteiger partial charge in [-0.1, -0.05) is 0 Å². The van der Waals surface area contributed by atoms with E-state index >= 15 is 0 Å². The second-order valence-corrected chi connectivity index (χ2v) is 16.0. The first-order valence-corrected chi connectivity index (χ1v) is 16.2. The Bertz CT molecular complexity index is 997. The number of nitrogens with zero attached hydrogens (tertiary/aromatic N) is 4. The average Bonchev–Trinajstić information content (AvgIpc) is 2.88. The largest absolute Gasteiger partial charge is 0.480 e. The fourth-order valence-electron chi connectivity index (χ4n) is 4.75. The van der Waals surface area contributed by atoms with Crippen LogP contribution in [0.3, 0.4) is 0 Å². The number of aliphatic carboxylic acids is 1. The van der Waals surface area contributed by atoms with Crippen molar-refractivity contribution in [2.75, 3.05) is 72.0 Å². The minimum Gasteiger partial charge on any atom is -0.480 e. The van der Waals surface area contributed by atoms with Gasteiger partial charge in [0.25, 0.3) is 0 Å². The van der Waals surface area contributed by atoms with Gasteiger partial charge < -0.3 is 24.1 Å². The topological polar surface area (TPSA) is 155 Å². The highest BCUT2D eigenvalue weighted by atomic mass is 16.6. The SMILES string of the molecule is CC(C)(C)OC(=O)CN1CCN(CC(=O)OC(C)(C)C)CCN(CC(C(=O)O)N(CC(=O)OC(C)(C)C)CC(=O)OC(C)(C)C)CC1. The van der Waals surface area contributed by atoms with Crippen molar-refractivity contribution in [2.45, 2.75) is 112 Å². The van der Waals surface area contributed by atoms with Crippen LogP contribution in [-0.4, -0.2) is 155 Å². The van der Waals surface area contributed by atoms with Crippen molar-refractivity contribution in [3.8, 4) is 0 Å². The predicted octanol–water partition coefficient (Wildman–Crippen LogP) is 2.03. The van der Waals surface area contributed by atoms with Crippen LogP contribution >= 0.6 is 0 Å². The standard InChI is InChI=1S/C33H60N4O10/c1-30(2,3)44-25(38)20-35-15-13-34(14-16-36(18-17-35)21-26(39)45-31(4,5)6)19-24(29(42)43)37(22-27(40)46-32(7,8)9)23-28(41)47-33(10,11)12/h24H,13-23H2,1-12H3,(H,42,43). The first-order valence-electron chi connectivity index (χ1n) is 16.2. The number of esters is 4. The van der Waals surface area contributed by atoms with Crippen molar-refractivity contribution >= 4 is 29.8 Å². The maximum absolute atomic E-state index is 12.9. The number of hydrogen-bond acceptors (Lipinski definition) is 13. The molecule has 272 valence electrons. The Balaban J connectivity index is 3.32. The Morgan fingerprint density at radius 2 is 0.809 bits per heavy atom. The molecule has 0 aromatic rings. The summed E-state index contributed by atoms with van der Waals surface area (Å²) in [7, 11) is 0. The monoisotopic (exact) mass is 672 g/mol. The van der Waals surface area contributed by atoms with Gasteiger partial charge in [-0.05, 0) is 83.1 Å². The van der Waals surface area contributed by atoms with Crippen molar-refractivity contribution in [1.82, 2.24) is 19.6 Å². The molecule has 47 heavy (non-hydrogen) atoms. The van der Waals surface area contributed by atoms with Crippen LogP contribution in [0.25, 0.3) is 0 Å². The van der Waals surface area contributed by atoms with E-state index in [-0.39, 0.29) is 19.6 Å². The molecule has 0 spiro atoms. The fraction of sp³-hybridized carbons (Fsp3) is 0.848. The fourth-order valence-corrected chi connectivity index (χ4v) is 4.75. The van der Waals surface area contributed by atoms with E-state index in [1.165, 1.54) is 4.90 Å². The van der Waals surface area contributed by atoms with E-state index in [4.69, 9.17) is 18.9 Å². The molecule has 0 radical (unpaired) electrons. The highest BCUT2D eigenvalue weighted by molar-refractivity contribution is 5.79. The maximum Gasteiger partial charge on any atom is 0.322 e. The molecular formula is C33H60N4O10. The number of carboxylic acids is 1. The van der Waals surface area contributed by atoms with Gasteiger partial charge in [0, 0.05) is 45.8 Å². The average molecular weight is 673 g/mol. The molecule has 14 heteroatoms. The van der Waals surface area contributed by atoms with Gasteiger partial charge in [-0.2, -0.15) is 0 Å². The highest BCUT2D eigenvalue weighted by Gasteiger charge is 2.34. The Hall–Kier alpha value is -2.81. The van der Waals surface area contributed by atoms with E-state index in [2.05, 4.69) is 0 Å². The Labute approximate surface area is 281 Å². The summed E-state index contributed by atoms with van der Waals surface area (Å²) in [5.74, 6) is -3.38. The van der Waals surface area contributed by atoms with Crippen molar-refractivity contribution in [1.29, 1.82) is 0 Å². The molecule has 1 rings (SSSR count). The number of carbonyl (C=O) groups is 5. The minimum atomic E-state index is -1.28. The zero-order valence-electron chi connectivity index (χ0n) is 30.8. The van der Waals surface area contributed by atoms with Gasteiger partial charge in [-0.3, -0.25) is 43.6 Å². The molecule has 0 aliphatic carbocycles. The zero-order valence-corrected chi connectivity index (χ0v) is 30.8. The molecule has 1 N–H and O–H groups in total. The minimum absolute atomic E-state index is 0.0111. The third-order valence-corrected chi connectivity index (χ3v) is 6.40. The van der Waals surface area contributed by atoms with Crippen LogP contribution in [-0.2, 0) is 42.9 Å². The van der Waals surface area contributed by atoms with Crippen molar-refractivity contribution in [2.24, 2.45) is 0 Å². The molecule has 1 heterocycles. The van der Waals surface area contributed by atoms with Crippen molar-refractivity contribution in [3.05, 3.63) is 0 Å². The lowest BCUT2D eigenvalue weighted by atomic mass is 10.2. The van der Waals surface area contributed by atoms with Crippen LogP contribution in [0.5, 0.6) is 0 Å². The van der Waals surface area contributed by atoms with Crippen LogP contribution in [0, 0.1) is 0 Å². The van der Waals surface area contributed by atoms with E-state index in [1.54, 1.807) is 83.1 Å². The van der Waals surface area contributed by atoms with Crippen LogP contribution in [0.2, 0.25) is 0 Å². The lowest BCUT2D eigenvalue weighted by Crippen LogP contribution is -2.54. The van der Waals surface area contributed by atoms with Crippen molar-refractivity contribution < 1.29 is 48.0 Å². The molecule has 1 fully saturated rings. The summed E-state index contributed by atoms with van der Waals surface area (Å²) in [5.41, 5.74) is -2.95. The first kappa shape index (κ1) is 42.2. The van der Waals surface area contributed by atoms with Gasteiger partial charge in [-0.25, -0.2) is 0 Å². The van der Waals surface area contributed by atoms with Crippen LogP contribution < -0.4 is 0 Å². The van der Waals surface area contributed by atoms with Gasteiger partial charge in [-0.15, -0.1) is 0 Å². The summed E-state index contributed by atoms with van der Waals surface area (Å²) < 4.78 is 22.0. The van der Waals surface area contributed by atoms with Gasteiger partial charge >= 0.3 is 29.8 Å². The highest BCUT2D eigenvalue weighted by Crippen LogP contribution is 2.14. The van der Waals surface area contributed by atoms with E-state index in [0.717, 1.165) is 0 Å². The molecule has 1 atom stereocenters. The van der Waals surface area contributed by atoms with Gasteiger partial charge in [0.1, 0.15) is 28.4 Å². The third kappa shape index (κ3) is 20.2. The van der Waals surface area contributed by atoms with Crippen molar-refractivity contribution in [3.63, 3.8) is 0 Å². The normalized spacial score (nSPS) is 17.2. The Morgan fingerprint density at radius 1 is 0.532 bits per heavy atom. The zero-order chi connectivity index (χ0) is 36.4. The summed E-state index contributed by atoms with van der Waals surface area (Å²) in [6, 6.07) is -1.28. The molecule has 0 amide bonds. The van der Waals surface area contributed by atoms with Gasteiger partial charge in [0.05, 0.1) is 26.2 Å². The molecule has 1 unspecified atom stereocenters. The van der Waals surface area contributed by atoms with Crippen LogP contribution in [0.1, 0.15) is 83.1 Å². The summed E-state index contributed by atoms with van der Waals surface area (Å²) in [6.45, 7) is 22.5. The maximum atomic E-state index is 12.9. The van der Waals surface area contributed by atoms with Gasteiger partial charge in [0.15, 0.2) is 0 Å². The molecule has 1 aliphatic rings. The Morgan fingerprint density at radius 3 is 1.09 bits per heavy atom. The molecular weight excluding hydrogens is 612 g/mol. The van der Waals surface area contributed by atoms with E-state index < -0.39 is 71.4 Å². The molecule has 0 aromatic heterocycles. The number of carboxylic acid groups (broad SMARTS) is 1. The summed E-state index contributed by atoms with van der Waals surface area (Å²) >= 11 is 0. The smallest absolute Gasteiger partial charge is 0.322 e. The van der Waals surface area contributed by atoms with E-state index in [0.29, 0.717) is 39.3 Å². The van der Waals surface area contributed by atoms with Crippen LogP contribution in [0.15, 0.2) is 0 Å². The third-order valence-electron chi connectivity index (χ3n) is 6.40. The first-order chi connectivity index (χ1) is 21.2. The molecule has 1 saturated heterocycles. The lowest BCUT2D eigenvalue weighted by Gasteiger charge is -2.34. The van der Waals surface area contributed by atoms with E-state index in [9.17, 15) is 29.1 Å². The van der Waals surface area contributed by atoms with Crippen LogP contribution in [0.4, 0.5) is 0 Å². The number of ether oxygens (including phenoxy) is 4. The number of rotatable bonds is 12. The number of carbonyl (C=O) groups excluding carboxylic acids is 4. The molecule has 0 aromatic carbocycles. The summed E-state index contributed by atoms with van der Waals surface area (Å²) in [4.78, 5) is 70.9. The number of hydrogen-bond donors (Lipinski definition) is 1. The molecule has 1 aliphatic heterocycles. The second kappa shape index (κ2) is 17.5. The predicted molar refractivity (Wildman–Crippen MR) is 176 cm³/mol.